The first-order chi connectivity index (χ1) is 15.5. The Kier molecular flexibility index (Phi) is 7.22. The molecule has 0 aliphatic rings. The van der Waals surface area contributed by atoms with Gasteiger partial charge in [0, 0.05) is 5.02 Å². The van der Waals surface area contributed by atoms with Crippen LogP contribution >= 0.6 is 11.6 Å². The fourth-order valence-electron chi connectivity index (χ4n) is 4.20. The van der Waals surface area contributed by atoms with Crippen LogP contribution in [-0.4, -0.2) is 0 Å². The van der Waals surface area contributed by atoms with E-state index >= 15 is 0 Å². The third-order valence-corrected chi connectivity index (χ3v) is 6.23. The Bertz CT molecular complexity index is 1190. The van der Waals surface area contributed by atoms with Crippen molar-refractivity contribution < 1.29 is 8.78 Å². The average Bonchev–Trinajstić information content (AvgIpc) is 2.79. The molecule has 4 aromatic carbocycles. The van der Waals surface area contributed by atoms with Crippen molar-refractivity contribution in [3.8, 4) is 22.3 Å². The topological polar surface area (TPSA) is 0 Å². The summed E-state index contributed by atoms with van der Waals surface area (Å²) < 4.78 is 29.7. The van der Waals surface area contributed by atoms with Gasteiger partial charge in [0.15, 0.2) is 0 Å². The number of fused-ring (bicyclic) bond motifs is 1. The highest BCUT2D eigenvalue weighted by atomic mass is 35.5. The first-order valence-corrected chi connectivity index (χ1v) is 11.7. The van der Waals surface area contributed by atoms with E-state index in [1.54, 1.807) is 24.3 Å². The van der Waals surface area contributed by atoms with E-state index in [2.05, 4.69) is 25.1 Å². The van der Waals surface area contributed by atoms with Crippen molar-refractivity contribution in [2.24, 2.45) is 0 Å². The zero-order valence-corrected chi connectivity index (χ0v) is 19.1. The lowest BCUT2D eigenvalue weighted by molar-refractivity contribution is 0.590. The zero-order chi connectivity index (χ0) is 22.5. The fraction of sp³-hybridized carbons (Fsp3) is 0.241. The lowest BCUT2D eigenvalue weighted by Crippen LogP contribution is -1.92. The minimum atomic E-state index is -0.583. The van der Waals surface area contributed by atoms with Crippen molar-refractivity contribution in [3.63, 3.8) is 0 Å². The molecule has 4 aromatic rings. The van der Waals surface area contributed by atoms with Gasteiger partial charge in [-0.05, 0) is 76.2 Å². The molecule has 0 N–H and O–H groups in total. The summed E-state index contributed by atoms with van der Waals surface area (Å²) in [6.45, 7) is 2.23. The lowest BCUT2D eigenvalue weighted by Gasteiger charge is -2.10. The molecule has 0 aromatic heterocycles. The molecular weight excluding hydrogens is 422 g/mol. The molecule has 0 amide bonds. The smallest absolute Gasteiger partial charge is 0.134 e. The highest BCUT2D eigenvalue weighted by molar-refractivity contribution is 6.30. The summed E-state index contributed by atoms with van der Waals surface area (Å²) in [5, 5.41) is 2.75. The Morgan fingerprint density at radius 2 is 1.25 bits per heavy atom. The van der Waals surface area contributed by atoms with Crippen molar-refractivity contribution in [2.75, 3.05) is 0 Å². The summed E-state index contributed by atoms with van der Waals surface area (Å²) in [6.07, 6.45) is 7.44. The highest BCUT2D eigenvalue weighted by Crippen LogP contribution is 2.33. The molecule has 0 radical (unpaired) electrons. The monoisotopic (exact) mass is 448 g/mol. The van der Waals surface area contributed by atoms with Crippen LogP contribution in [0, 0.1) is 11.6 Å². The van der Waals surface area contributed by atoms with Gasteiger partial charge in [-0.25, -0.2) is 8.78 Å². The van der Waals surface area contributed by atoms with Gasteiger partial charge in [-0.1, -0.05) is 86.7 Å². The van der Waals surface area contributed by atoms with Gasteiger partial charge in [0.25, 0.3) is 0 Å². The molecule has 0 saturated carbocycles. The maximum Gasteiger partial charge on any atom is 0.134 e. The van der Waals surface area contributed by atoms with Crippen molar-refractivity contribution in [1.29, 1.82) is 0 Å². The standard InChI is InChI=1S/C29H27ClF2/c1-2-3-4-5-6-7-20-8-9-23-17-24(11-10-22(23)16-20)25-18-27(31)29(28(32)19-25)21-12-14-26(30)15-13-21/h8-19H,2-7H2,1H3. The summed E-state index contributed by atoms with van der Waals surface area (Å²) in [5.74, 6) is -1.17. The number of halogens is 3. The Balaban J connectivity index is 1.56. The first-order valence-electron chi connectivity index (χ1n) is 11.3. The molecule has 0 bridgehead atoms. The van der Waals surface area contributed by atoms with E-state index < -0.39 is 11.6 Å². The molecule has 0 atom stereocenters. The maximum absolute atomic E-state index is 14.9. The van der Waals surface area contributed by atoms with E-state index in [0.717, 1.165) is 22.8 Å². The number of rotatable bonds is 8. The summed E-state index contributed by atoms with van der Waals surface area (Å²) in [4.78, 5) is 0. The van der Waals surface area contributed by atoms with Crippen molar-refractivity contribution in [3.05, 3.63) is 95.0 Å². The van der Waals surface area contributed by atoms with Crippen LogP contribution in [0.3, 0.4) is 0 Å². The summed E-state index contributed by atoms with van der Waals surface area (Å²) in [7, 11) is 0. The van der Waals surface area contributed by atoms with Crippen LogP contribution in [0.1, 0.15) is 44.6 Å². The molecule has 0 saturated heterocycles. The Hall–Kier alpha value is -2.71. The molecule has 0 fully saturated rings. The van der Waals surface area contributed by atoms with Crippen molar-refractivity contribution in [1.82, 2.24) is 0 Å². The molecule has 164 valence electrons. The molecule has 0 heterocycles. The highest BCUT2D eigenvalue weighted by Gasteiger charge is 2.14. The van der Waals surface area contributed by atoms with E-state index in [0.29, 0.717) is 16.1 Å². The van der Waals surface area contributed by atoms with Crippen LogP contribution in [0.5, 0.6) is 0 Å². The SMILES string of the molecule is CCCCCCCc1ccc2cc(-c3cc(F)c(-c4ccc(Cl)cc4)c(F)c3)ccc2c1. The van der Waals surface area contributed by atoms with Gasteiger partial charge in [-0.2, -0.15) is 0 Å². The van der Waals surface area contributed by atoms with Crippen LogP contribution in [-0.2, 0) is 6.42 Å². The van der Waals surface area contributed by atoms with Gasteiger partial charge in [-0.15, -0.1) is 0 Å². The molecular formula is C29H27ClF2. The molecule has 4 rings (SSSR count). The van der Waals surface area contributed by atoms with Gasteiger partial charge in [0.1, 0.15) is 11.6 Å². The van der Waals surface area contributed by atoms with Gasteiger partial charge in [0.05, 0.1) is 5.56 Å². The lowest BCUT2D eigenvalue weighted by atomic mass is 9.96. The Labute approximate surface area is 193 Å². The Morgan fingerprint density at radius 1 is 0.625 bits per heavy atom. The molecule has 0 aliphatic heterocycles. The van der Waals surface area contributed by atoms with E-state index in [-0.39, 0.29) is 5.56 Å². The predicted molar refractivity (Wildman–Crippen MR) is 132 cm³/mol. The van der Waals surface area contributed by atoms with Gasteiger partial charge in [-0.3, -0.25) is 0 Å². The van der Waals surface area contributed by atoms with E-state index in [4.69, 9.17) is 11.6 Å². The Morgan fingerprint density at radius 3 is 1.97 bits per heavy atom. The normalized spacial score (nSPS) is 11.2. The molecule has 0 unspecified atom stereocenters. The first kappa shape index (κ1) is 22.5. The molecule has 0 spiro atoms. The van der Waals surface area contributed by atoms with Crippen LogP contribution < -0.4 is 0 Å². The third kappa shape index (κ3) is 5.19. The van der Waals surface area contributed by atoms with Crippen molar-refractivity contribution in [2.45, 2.75) is 45.4 Å². The van der Waals surface area contributed by atoms with Gasteiger partial charge in [0.2, 0.25) is 0 Å². The van der Waals surface area contributed by atoms with Gasteiger partial charge < -0.3 is 0 Å². The van der Waals surface area contributed by atoms with Crippen LogP contribution in [0.2, 0.25) is 5.02 Å². The zero-order valence-electron chi connectivity index (χ0n) is 18.3. The second-order valence-electron chi connectivity index (χ2n) is 8.38. The fourth-order valence-corrected chi connectivity index (χ4v) is 4.32. The second-order valence-corrected chi connectivity index (χ2v) is 8.82. The number of hydrogen-bond acceptors (Lipinski definition) is 0. The minimum absolute atomic E-state index is 0.0326. The van der Waals surface area contributed by atoms with Gasteiger partial charge >= 0.3 is 0 Å². The molecule has 3 heteroatoms. The van der Waals surface area contributed by atoms with Crippen LogP contribution in [0.15, 0.2) is 72.8 Å². The second kappa shape index (κ2) is 10.3. The predicted octanol–water partition coefficient (Wildman–Crippen LogP) is 9.62. The quantitative estimate of drug-likeness (QED) is 0.235. The molecule has 32 heavy (non-hydrogen) atoms. The number of benzene rings is 4. The third-order valence-electron chi connectivity index (χ3n) is 5.98. The van der Waals surface area contributed by atoms with E-state index in [1.807, 2.05) is 18.2 Å². The summed E-state index contributed by atoms with van der Waals surface area (Å²) >= 11 is 5.90. The average molecular weight is 449 g/mol. The summed E-state index contributed by atoms with van der Waals surface area (Å²) in [6, 6.07) is 21.8. The number of aryl methyl sites for hydroxylation is 1. The van der Waals surface area contributed by atoms with Crippen molar-refractivity contribution >= 4 is 22.4 Å². The van der Waals surface area contributed by atoms with E-state index in [1.165, 1.54) is 49.8 Å². The maximum atomic E-state index is 14.9. The minimum Gasteiger partial charge on any atom is -0.206 e. The molecule has 0 aliphatic carbocycles. The van der Waals surface area contributed by atoms with Crippen LogP contribution in [0.4, 0.5) is 8.78 Å². The number of hydrogen-bond donors (Lipinski definition) is 0. The molecule has 0 nitrogen and oxygen atoms in total. The largest absolute Gasteiger partial charge is 0.206 e. The number of unbranched alkanes of at least 4 members (excludes halogenated alkanes) is 4. The van der Waals surface area contributed by atoms with E-state index in [9.17, 15) is 8.78 Å². The summed E-state index contributed by atoms with van der Waals surface area (Å²) in [5.41, 5.74) is 3.10. The van der Waals surface area contributed by atoms with Crippen LogP contribution in [0.25, 0.3) is 33.0 Å².